The highest BCUT2D eigenvalue weighted by molar-refractivity contribution is 5.75. The van der Waals surface area contributed by atoms with Crippen LogP contribution in [-0.2, 0) is 0 Å². The third kappa shape index (κ3) is 3.27. The Bertz CT molecular complexity index is 645. The topological polar surface area (TPSA) is 0 Å². The van der Waals surface area contributed by atoms with Crippen LogP contribution in [0.15, 0.2) is 36.4 Å². The quantitative estimate of drug-likeness (QED) is 0.567. The first-order valence-corrected chi connectivity index (χ1v) is 8.56. The molecule has 0 fully saturated rings. The molecular formula is C22H30. The molecule has 0 aliphatic carbocycles. The highest BCUT2D eigenvalue weighted by Gasteiger charge is 2.16. The molecule has 0 aliphatic heterocycles. The van der Waals surface area contributed by atoms with Gasteiger partial charge in [-0.05, 0) is 58.1 Å². The van der Waals surface area contributed by atoms with E-state index >= 15 is 0 Å². The van der Waals surface area contributed by atoms with E-state index in [2.05, 4.69) is 84.9 Å². The summed E-state index contributed by atoms with van der Waals surface area (Å²) in [4.78, 5) is 0. The summed E-state index contributed by atoms with van der Waals surface area (Å²) in [6, 6.07) is 13.8. The van der Waals surface area contributed by atoms with Crippen molar-refractivity contribution in [3.63, 3.8) is 0 Å². The monoisotopic (exact) mass is 294 g/mol. The predicted molar refractivity (Wildman–Crippen MR) is 98.9 cm³/mol. The van der Waals surface area contributed by atoms with E-state index in [1.807, 2.05) is 0 Å². The van der Waals surface area contributed by atoms with Crippen LogP contribution in [0.25, 0.3) is 11.1 Å². The van der Waals surface area contributed by atoms with Crippen molar-refractivity contribution >= 4 is 0 Å². The second-order valence-electron chi connectivity index (χ2n) is 7.35. The van der Waals surface area contributed by atoms with Crippen molar-refractivity contribution in [2.24, 2.45) is 0 Å². The van der Waals surface area contributed by atoms with E-state index in [9.17, 15) is 0 Å². The van der Waals surface area contributed by atoms with Gasteiger partial charge in [0.2, 0.25) is 0 Å². The number of hydrogen-bond acceptors (Lipinski definition) is 0. The minimum atomic E-state index is 0.535. The molecule has 2 rings (SSSR count). The molecule has 2 aromatic rings. The van der Waals surface area contributed by atoms with Gasteiger partial charge < -0.3 is 0 Å². The molecule has 0 saturated carbocycles. The average molecular weight is 294 g/mol. The average Bonchev–Trinajstić information content (AvgIpc) is 2.46. The summed E-state index contributed by atoms with van der Waals surface area (Å²) in [7, 11) is 0. The van der Waals surface area contributed by atoms with Gasteiger partial charge in [0.15, 0.2) is 0 Å². The molecule has 0 aromatic heterocycles. The van der Waals surface area contributed by atoms with Crippen LogP contribution in [0.5, 0.6) is 0 Å². The van der Waals surface area contributed by atoms with Crippen LogP contribution in [0.2, 0.25) is 0 Å². The van der Waals surface area contributed by atoms with E-state index in [0.29, 0.717) is 17.8 Å². The lowest BCUT2D eigenvalue weighted by atomic mass is 9.83. The van der Waals surface area contributed by atoms with Crippen LogP contribution < -0.4 is 0 Å². The third-order valence-corrected chi connectivity index (χ3v) is 4.56. The molecular weight excluding hydrogens is 264 g/mol. The molecule has 0 heteroatoms. The minimum absolute atomic E-state index is 0.535. The number of benzene rings is 2. The zero-order chi connectivity index (χ0) is 16.4. The van der Waals surface area contributed by atoms with Crippen molar-refractivity contribution in [1.82, 2.24) is 0 Å². The zero-order valence-electron chi connectivity index (χ0n) is 15.2. The number of hydrogen-bond donors (Lipinski definition) is 0. The lowest BCUT2D eigenvalue weighted by Gasteiger charge is -2.22. The Morgan fingerprint density at radius 3 is 1.86 bits per heavy atom. The van der Waals surface area contributed by atoms with Crippen molar-refractivity contribution < 1.29 is 0 Å². The van der Waals surface area contributed by atoms with Crippen molar-refractivity contribution in [3.8, 4) is 11.1 Å². The lowest BCUT2D eigenvalue weighted by Crippen LogP contribution is -2.01. The Balaban J connectivity index is 2.73. The van der Waals surface area contributed by atoms with Crippen LogP contribution in [0.4, 0.5) is 0 Å². The molecule has 0 nitrogen and oxygen atoms in total. The molecule has 2 aromatic carbocycles. The highest BCUT2D eigenvalue weighted by atomic mass is 14.2. The molecule has 0 spiro atoms. The first-order valence-electron chi connectivity index (χ1n) is 8.56. The fourth-order valence-electron chi connectivity index (χ4n) is 3.19. The second-order valence-corrected chi connectivity index (χ2v) is 7.35. The van der Waals surface area contributed by atoms with Gasteiger partial charge in [0.25, 0.3) is 0 Å². The summed E-state index contributed by atoms with van der Waals surface area (Å²) in [5.41, 5.74) is 8.61. The van der Waals surface area contributed by atoms with E-state index in [0.717, 1.165) is 0 Å². The zero-order valence-corrected chi connectivity index (χ0v) is 15.2. The van der Waals surface area contributed by atoms with Crippen LogP contribution >= 0.6 is 0 Å². The molecule has 0 N–H and O–H groups in total. The maximum atomic E-state index is 2.42. The van der Waals surface area contributed by atoms with Crippen LogP contribution in [-0.4, -0.2) is 0 Å². The summed E-state index contributed by atoms with van der Waals surface area (Å²) >= 11 is 0. The molecule has 0 amide bonds. The summed E-state index contributed by atoms with van der Waals surface area (Å²) in [6.07, 6.45) is 0. The van der Waals surface area contributed by atoms with Gasteiger partial charge in [-0.3, -0.25) is 0 Å². The van der Waals surface area contributed by atoms with Gasteiger partial charge in [-0.2, -0.15) is 0 Å². The van der Waals surface area contributed by atoms with E-state index in [4.69, 9.17) is 0 Å². The van der Waals surface area contributed by atoms with Gasteiger partial charge in [-0.15, -0.1) is 0 Å². The van der Waals surface area contributed by atoms with Crippen molar-refractivity contribution in [3.05, 3.63) is 58.7 Å². The fourth-order valence-corrected chi connectivity index (χ4v) is 3.19. The SMILES string of the molecule is Cc1cccc(C(C)C)c1-c1ccc(C(C)C)cc1C(C)C. The van der Waals surface area contributed by atoms with Gasteiger partial charge >= 0.3 is 0 Å². The minimum Gasteiger partial charge on any atom is -0.0617 e. The lowest BCUT2D eigenvalue weighted by molar-refractivity contribution is 0.832. The summed E-state index contributed by atoms with van der Waals surface area (Å²) in [5.74, 6) is 1.65. The summed E-state index contributed by atoms with van der Waals surface area (Å²) in [6.45, 7) is 16.0. The van der Waals surface area contributed by atoms with Gasteiger partial charge in [0.1, 0.15) is 0 Å². The first-order chi connectivity index (χ1) is 10.3. The van der Waals surface area contributed by atoms with E-state index in [1.165, 1.54) is 33.4 Å². The first kappa shape index (κ1) is 16.8. The number of rotatable bonds is 4. The molecule has 0 heterocycles. The standard InChI is InChI=1S/C22H30/c1-14(2)18-11-12-20(21(13-18)16(5)6)22-17(7)9-8-10-19(22)15(3)4/h8-16H,1-7H3. The smallest absolute Gasteiger partial charge is 0.0117 e. The second kappa shape index (κ2) is 6.69. The summed E-state index contributed by atoms with van der Waals surface area (Å²) in [5, 5.41) is 0. The van der Waals surface area contributed by atoms with Crippen molar-refractivity contribution in [2.75, 3.05) is 0 Å². The van der Waals surface area contributed by atoms with E-state index < -0.39 is 0 Å². The Morgan fingerprint density at radius 1 is 0.682 bits per heavy atom. The normalized spacial score (nSPS) is 11.7. The Labute approximate surface area is 136 Å². The Hall–Kier alpha value is -1.56. The number of aryl methyl sites for hydroxylation is 1. The van der Waals surface area contributed by atoms with E-state index in [1.54, 1.807) is 0 Å². The molecule has 0 unspecified atom stereocenters. The molecule has 0 atom stereocenters. The molecule has 0 bridgehead atoms. The molecule has 0 saturated heterocycles. The maximum absolute atomic E-state index is 2.42. The summed E-state index contributed by atoms with van der Waals surface area (Å²) < 4.78 is 0. The van der Waals surface area contributed by atoms with Crippen molar-refractivity contribution in [1.29, 1.82) is 0 Å². The van der Waals surface area contributed by atoms with Crippen LogP contribution in [0, 0.1) is 6.92 Å². The van der Waals surface area contributed by atoms with Crippen LogP contribution in [0.3, 0.4) is 0 Å². The molecule has 0 aliphatic rings. The maximum Gasteiger partial charge on any atom is -0.0117 e. The predicted octanol–water partition coefficient (Wildman–Crippen LogP) is 7.03. The fraction of sp³-hybridized carbons (Fsp3) is 0.455. The molecule has 118 valence electrons. The largest absolute Gasteiger partial charge is 0.0617 e. The van der Waals surface area contributed by atoms with E-state index in [-0.39, 0.29) is 0 Å². The Kier molecular flexibility index (Phi) is 5.11. The van der Waals surface area contributed by atoms with Crippen LogP contribution in [0.1, 0.15) is 81.5 Å². The van der Waals surface area contributed by atoms with Gasteiger partial charge in [0.05, 0.1) is 0 Å². The van der Waals surface area contributed by atoms with Gasteiger partial charge in [-0.1, -0.05) is 77.9 Å². The Morgan fingerprint density at radius 2 is 1.32 bits per heavy atom. The molecule has 22 heavy (non-hydrogen) atoms. The van der Waals surface area contributed by atoms with Gasteiger partial charge in [0, 0.05) is 0 Å². The highest BCUT2D eigenvalue weighted by Crippen LogP contribution is 2.38. The third-order valence-electron chi connectivity index (χ3n) is 4.56. The van der Waals surface area contributed by atoms with Gasteiger partial charge in [-0.25, -0.2) is 0 Å². The molecule has 0 radical (unpaired) electrons. The van der Waals surface area contributed by atoms with Crippen molar-refractivity contribution in [2.45, 2.75) is 66.2 Å².